The Morgan fingerprint density at radius 3 is 2.11 bits per heavy atom. The van der Waals surface area contributed by atoms with Crippen molar-refractivity contribution < 1.29 is 54.6 Å². The zero-order chi connectivity index (χ0) is 50.9. The molecule has 14 nitrogen and oxygen atoms in total. The number of nitrogen functional groups attached to an aromatic ring is 1. The Kier molecular flexibility index (Phi) is 20.9. The molecule has 0 spiro atoms. The molecule has 0 aliphatic carbocycles. The molecule has 2 fully saturated rings. The van der Waals surface area contributed by atoms with Gasteiger partial charge >= 0.3 is 14.0 Å². The summed E-state index contributed by atoms with van der Waals surface area (Å²) in [5.41, 5.74) is 5.80. The summed E-state index contributed by atoms with van der Waals surface area (Å²) in [7, 11) is -4.69. The van der Waals surface area contributed by atoms with Gasteiger partial charge in [0.1, 0.15) is 54.4 Å². The molecule has 2 aliphatic rings. The zero-order valence-electron chi connectivity index (χ0n) is 40.6. The number of alkyl halides is 3. The van der Waals surface area contributed by atoms with Gasteiger partial charge in [0.05, 0.1) is 41.7 Å². The van der Waals surface area contributed by atoms with E-state index in [0.717, 1.165) is 70.3 Å². The van der Waals surface area contributed by atoms with Gasteiger partial charge in [-0.15, -0.1) is 0 Å². The lowest BCUT2D eigenvalue weighted by atomic mass is 9.96. The number of hydrogen-bond donors (Lipinski definition) is 1. The summed E-state index contributed by atoms with van der Waals surface area (Å²) in [5.74, 6) is -1.49. The smallest absolute Gasteiger partial charge is 0.402 e. The summed E-state index contributed by atoms with van der Waals surface area (Å²) in [6.45, 7) is 2.39. The lowest BCUT2D eigenvalue weighted by molar-refractivity contribution is -0.204. The van der Waals surface area contributed by atoms with Gasteiger partial charge in [-0.1, -0.05) is 126 Å². The first-order chi connectivity index (χ1) is 34.0. The third-order valence-electron chi connectivity index (χ3n) is 12.7. The fourth-order valence-corrected chi connectivity index (χ4v) is 10.5. The van der Waals surface area contributed by atoms with Crippen molar-refractivity contribution in [1.82, 2.24) is 14.6 Å². The Balaban J connectivity index is 1.03. The maximum atomic E-state index is 14.9. The van der Waals surface area contributed by atoms with Crippen LogP contribution in [-0.4, -0.2) is 63.7 Å². The van der Waals surface area contributed by atoms with Crippen LogP contribution in [0, 0.1) is 28.5 Å². The molecule has 71 heavy (non-hydrogen) atoms. The van der Waals surface area contributed by atoms with Crippen molar-refractivity contribution >= 4 is 30.8 Å². The minimum Gasteiger partial charge on any atom is -0.402 e. The van der Waals surface area contributed by atoms with Crippen molar-refractivity contribution in [1.29, 1.82) is 10.5 Å². The number of nitrogens with two attached hydrogens (primary N) is 1. The van der Waals surface area contributed by atoms with Crippen LogP contribution in [0.4, 0.5) is 23.4 Å². The van der Waals surface area contributed by atoms with Crippen LogP contribution in [0.5, 0.6) is 5.75 Å². The molecular formula is C51H66ClF4N6O8P. The SMILES string of the molecule is CC1(C)O[C@H]2[C@H](c3ccc4c(N)ncnn34)O[C@](C#N)(COP(=O)(OC[C@@H](CCCCCCCCCCCCCCCCCCCC(F)(F)F)OCc3cc(F)cc(C#N)c3)Oc3ccccc3Cl)[C@H]2O1. The number of ether oxygens (including phenoxy) is 4. The number of halogens is 5. The summed E-state index contributed by atoms with van der Waals surface area (Å²) in [5, 5.41) is 24.8. The summed E-state index contributed by atoms with van der Waals surface area (Å²) < 4.78 is 111. The molecule has 2 aliphatic heterocycles. The van der Waals surface area contributed by atoms with Crippen molar-refractivity contribution in [3.8, 4) is 17.9 Å². The second-order valence-corrected chi connectivity index (χ2v) is 20.9. The molecule has 1 unspecified atom stereocenters. The molecule has 0 radical (unpaired) electrons. The summed E-state index contributed by atoms with van der Waals surface area (Å²) in [6.07, 6.45) is 10.4. The maximum absolute atomic E-state index is 14.9. The highest BCUT2D eigenvalue weighted by molar-refractivity contribution is 7.49. The summed E-state index contributed by atoms with van der Waals surface area (Å²) >= 11 is 6.47. The first-order valence-electron chi connectivity index (χ1n) is 24.8. The molecule has 0 amide bonds. The van der Waals surface area contributed by atoms with Gasteiger partial charge in [-0.3, -0.25) is 9.05 Å². The van der Waals surface area contributed by atoms with Crippen molar-refractivity contribution in [2.24, 2.45) is 0 Å². The lowest BCUT2D eigenvalue weighted by Crippen LogP contribution is -2.46. The van der Waals surface area contributed by atoms with E-state index in [1.165, 1.54) is 56.6 Å². The van der Waals surface area contributed by atoms with Crippen LogP contribution in [-0.2, 0) is 39.2 Å². The standard InChI is InChI=1S/C51H66ClF4N6O8P/c1-49(2)67-46-45(42-25-26-43-48(59)60-36-61-62(42)43)68-50(34-58,47(46)69-49)35-66-71(63,70-44-24-20-19-23-41(44)52)65-33-40(64-32-38-28-37(31-57)29-39(53)30-38)22-18-16-14-12-10-8-6-4-3-5-7-9-11-13-15-17-21-27-51(54,55)56/h19-20,23-26,28-30,36,40,45-47H,3-18,21-22,27,32-33,35H2,1-2H3,(H2,59,60,61)/t40-,45+,46+,47+,50-,71?/m1/s1. The molecule has 0 bridgehead atoms. The predicted molar refractivity (Wildman–Crippen MR) is 258 cm³/mol. The van der Waals surface area contributed by atoms with Crippen molar-refractivity contribution in [2.45, 2.75) is 184 Å². The highest BCUT2D eigenvalue weighted by Gasteiger charge is 2.65. The number of hydrogen-bond acceptors (Lipinski definition) is 13. The van der Waals surface area contributed by atoms with E-state index in [0.29, 0.717) is 29.6 Å². The number of nitrogens with zero attached hydrogens (tertiary/aromatic N) is 5. The first-order valence-corrected chi connectivity index (χ1v) is 26.6. The molecule has 2 aromatic carbocycles. The average Bonchev–Trinajstić information content (AvgIpc) is 4.00. The molecule has 2 N–H and O–H groups in total. The monoisotopic (exact) mass is 1030 g/mol. The van der Waals surface area contributed by atoms with Gasteiger partial charge in [-0.05, 0) is 74.7 Å². The average molecular weight is 1030 g/mol. The molecular weight excluding hydrogens is 967 g/mol. The topological polar surface area (TPSA) is 185 Å². The van der Waals surface area contributed by atoms with Gasteiger partial charge < -0.3 is 29.2 Å². The Labute approximate surface area is 419 Å². The number of benzene rings is 2. The molecule has 2 aromatic heterocycles. The van der Waals surface area contributed by atoms with E-state index in [2.05, 4.69) is 16.2 Å². The van der Waals surface area contributed by atoms with Crippen LogP contribution < -0.4 is 10.3 Å². The highest BCUT2D eigenvalue weighted by atomic mass is 35.5. The second-order valence-electron chi connectivity index (χ2n) is 18.9. The molecule has 2 saturated heterocycles. The maximum Gasteiger partial charge on any atom is 0.530 e. The number of phosphoric acid groups is 1. The van der Waals surface area contributed by atoms with E-state index < -0.39 is 68.6 Å². The molecule has 6 rings (SSSR count). The van der Waals surface area contributed by atoms with Crippen LogP contribution in [0.1, 0.15) is 159 Å². The molecule has 0 saturated carbocycles. The van der Waals surface area contributed by atoms with Crippen LogP contribution in [0.2, 0.25) is 5.02 Å². The Morgan fingerprint density at radius 2 is 1.49 bits per heavy atom. The van der Waals surface area contributed by atoms with Gasteiger partial charge in [-0.2, -0.15) is 28.8 Å². The van der Waals surface area contributed by atoms with Crippen LogP contribution in [0.25, 0.3) is 5.52 Å². The van der Waals surface area contributed by atoms with E-state index in [9.17, 15) is 32.7 Å². The minimum atomic E-state index is -4.69. The van der Waals surface area contributed by atoms with Crippen molar-refractivity contribution in [2.75, 3.05) is 18.9 Å². The summed E-state index contributed by atoms with van der Waals surface area (Å²) in [6, 6.07) is 17.9. The number of fused-ring (bicyclic) bond motifs is 2. The number of para-hydroxylation sites is 1. The number of aromatic nitrogens is 3. The lowest BCUT2D eigenvalue weighted by Gasteiger charge is -2.30. The molecule has 4 aromatic rings. The van der Waals surface area contributed by atoms with Gasteiger partial charge in [0, 0.05) is 6.42 Å². The number of nitriles is 2. The Hall–Kier alpha value is -4.36. The molecule has 20 heteroatoms. The summed E-state index contributed by atoms with van der Waals surface area (Å²) in [4.78, 5) is 4.06. The fraction of sp³-hybridized carbons (Fsp3) is 0.608. The van der Waals surface area contributed by atoms with E-state index in [1.54, 1.807) is 48.7 Å². The third-order valence-corrected chi connectivity index (χ3v) is 14.3. The molecule has 4 heterocycles. The van der Waals surface area contributed by atoms with Crippen molar-refractivity contribution in [3.63, 3.8) is 0 Å². The van der Waals surface area contributed by atoms with Crippen LogP contribution in [0.3, 0.4) is 0 Å². The minimum absolute atomic E-state index is 0.00192. The zero-order valence-corrected chi connectivity index (χ0v) is 42.2. The van der Waals surface area contributed by atoms with Crippen molar-refractivity contribution in [3.05, 3.63) is 88.6 Å². The van der Waals surface area contributed by atoms with Gasteiger partial charge in [0.15, 0.2) is 11.6 Å². The normalized spacial score (nSPS) is 20.9. The molecule has 6 atom stereocenters. The van der Waals surface area contributed by atoms with Gasteiger partial charge in [0.25, 0.3) is 0 Å². The second kappa shape index (κ2) is 26.5. The molecule has 388 valence electrons. The number of unbranched alkanes of at least 4 members (excludes halogenated alkanes) is 16. The van der Waals surface area contributed by atoms with E-state index in [-0.39, 0.29) is 41.8 Å². The third kappa shape index (κ3) is 16.8. The number of rotatable bonds is 31. The largest absolute Gasteiger partial charge is 0.530 e. The van der Waals surface area contributed by atoms with Gasteiger partial charge in [-0.25, -0.2) is 18.5 Å². The van der Waals surface area contributed by atoms with Crippen LogP contribution >= 0.6 is 19.4 Å². The van der Waals surface area contributed by atoms with E-state index in [1.807, 2.05) is 6.07 Å². The Bertz CT molecular complexity index is 2450. The van der Waals surface area contributed by atoms with Gasteiger partial charge in [0.2, 0.25) is 5.60 Å². The van der Waals surface area contributed by atoms with Crippen LogP contribution in [0.15, 0.2) is 60.9 Å². The van der Waals surface area contributed by atoms with E-state index >= 15 is 0 Å². The number of phosphoric ester groups is 1. The first kappa shape index (κ1) is 55.9. The number of anilines is 1. The quantitative estimate of drug-likeness (QED) is 0.0285. The highest BCUT2D eigenvalue weighted by Crippen LogP contribution is 2.55. The predicted octanol–water partition coefficient (Wildman–Crippen LogP) is 13.6. The van der Waals surface area contributed by atoms with E-state index in [4.69, 9.17) is 49.9 Å². The Morgan fingerprint density at radius 1 is 0.859 bits per heavy atom. The fourth-order valence-electron chi connectivity index (χ4n) is 9.04.